The van der Waals surface area contributed by atoms with Crippen molar-refractivity contribution in [1.82, 2.24) is 0 Å². The highest BCUT2D eigenvalue weighted by Gasteiger charge is 2.25. The zero-order chi connectivity index (χ0) is 19.9. The van der Waals surface area contributed by atoms with Crippen LogP contribution >= 0.6 is 0 Å². The molecule has 0 saturated heterocycles. The molecule has 6 rings (SSSR count). The summed E-state index contributed by atoms with van der Waals surface area (Å²) in [5.74, 6) is 0. The second-order valence-electron chi connectivity index (χ2n) is 8.17. The number of benzene rings is 4. The fraction of sp³-hybridized carbons (Fsp3) is 0.143. The van der Waals surface area contributed by atoms with Crippen molar-refractivity contribution in [2.75, 3.05) is 22.9 Å². The van der Waals surface area contributed by atoms with E-state index in [-0.39, 0.29) is 0 Å². The molecular formula is C28H24N2. The fourth-order valence-electron chi connectivity index (χ4n) is 5.05. The standard InChI is InChI=1S/C28H24N2/c1-5-13-25-21(9-1)19-22-10-2-6-14-26(22)29(25)17-18-30-27-15-7-3-11-23(27)20-24-12-4-8-16-28(24)30/h1-16H,17-20H2. The lowest BCUT2D eigenvalue weighted by Gasteiger charge is -2.38. The maximum absolute atomic E-state index is 2.51. The Balaban J connectivity index is 1.39. The van der Waals surface area contributed by atoms with E-state index in [1.165, 1.54) is 45.0 Å². The summed E-state index contributed by atoms with van der Waals surface area (Å²) >= 11 is 0. The van der Waals surface area contributed by atoms with Gasteiger partial charge in [-0.25, -0.2) is 0 Å². The fourth-order valence-corrected chi connectivity index (χ4v) is 5.05. The van der Waals surface area contributed by atoms with Crippen molar-refractivity contribution in [1.29, 1.82) is 0 Å². The molecule has 2 heterocycles. The lowest BCUT2D eigenvalue weighted by atomic mass is 9.94. The molecule has 0 atom stereocenters. The normalized spacial score (nSPS) is 13.9. The molecule has 2 heteroatoms. The van der Waals surface area contributed by atoms with Crippen LogP contribution in [0.1, 0.15) is 22.3 Å². The smallest absolute Gasteiger partial charge is 0.0447 e. The quantitative estimate of drug-likeness (QED) is 0.397. The highest BCUT2D eigenvalue weighted by molar-refractivity contribution is 5.76. The van der Waals surface area contributed by atoms with E-state index in [2.05, 4.69) is 107 Å². The predicted octanol–water partition coefficient (Wildman–Crippen LogP) is 6.47. The molecule has 4 aromatic rings. The maximum Gasteiger partial charge on any atom is 0.0447 e. The van der Waals surface area contributed by atoms with Crippen molar-refractivity contribution in [2.45, 2.75) is 12.8 Å². The summed E-state index contributed by atoms with van der Waals surface area (Å²) in [6, 6.07) is 35.4. The van der Waals surface area contributed by atoms with Crippen LogP contribution < -0.4 is 9.80 Å². The summed E-state index contributed by atoms with van der Waals surface area (Å²) in [5.41, 5.74) is 11.0. The van der Waals surface area contributed by atoms with Crippen molar-refractivity contribution in [2.24, 2.45) is 0 Å². The van der Waals surface area contributed by atoms with Crippen LogP contribution in [0.4, 0.5) is 22.7 Å². The van der Waals surface area contributed by atoms with Gasteiger partial charge in [-0.15, -0.1) is 0 Å². The average Bonchev–Trinajstić information content (AvgIpc) is 2.81. The summed E-state index contributed by atoms with van der Waals surface area (Å²) < 4.78 is 0. The van der Waals surface area contributed by atoms with Crippen molar-refractivity contribution in [3.05, 3.63) is 119 Å². The molecule has 146 valence electrons. The molecule has 0 N–H and O–H groups in total. The van der Waals surface area contributed by atoms with E-state index in [9.17, 15) is 0 Å². The minimum atomic E-state index is 0.941. The SMILES string of the molecule is c1ccc2c(c1)Cc1ccccc1N2CCN1c2ccccc2Cc2ccccc21. The molecule has 0 spiro atoms. The van der Waals surface area contributed by atoms with E-state index in [0.29, 0.717) is 0 Å². The van der Waals surface area contributed by atoms with Crippen molar-refractivity contribution in [3.8, 4) is 0 Å². The van der Waals surface area contributed by atoms with Gasteiger partial charge in [0.15, 0.2) is 0 Å². The lowest BCUT2D eigenvalue weighted by molar-refractivity contribution is 0.849. The Hall–Kier alpha value is -3.52. The molecule has 0 saturated carbocycles. The summed E-state index contributed by atoms with van der Waals surface area (Å²) in [6.45, 7) is 1.88. The van der Waals surface area contributed by atoms with Gasteiger partial charge in [0.05, 0.1) is 0 Å². The second-order valence-corrected chi connectivity index (χ2v) is 8.17. The van der Waals surface area contributed by atoms with Gasteiger partial charge in [-0.1, -0.05) is 72.8 Å². The Bertz CT molecular complexity index is 1040. The number of rotatable bonds is 3. The van der Waals surface area contributed by atoms with Crippen LogP contribution in [0.5, 0.6) is 0 Å². The van der Waals surface area contributed by atoms with Crippen LogP contribution in [0.15, 0.2) is 97.1 Å². The molecular weight excluding hydrogens is 364 g/mol. The van der Waals surface area contributed by atoms with Gasteiger partial charge in [-0.3, -0.25) is 0 Å². The largest absolute Gasteiger partial charge is 0.339 e. The molecule has 30 heavy (non-hydrogen) atoms. The molecule has 0 amide bonds. The van der Waals surface area contributed by atoms with Crippen LogP contribution in [-0.2, 0) is 12.8 Å². The lowest BCUT2D eigenvalue weighted by Crippen LogP contribution is -2.34. The molecule has 2 aliphatic heterocycles. The van der Waals surface area contributed by atoms with E-state index >= 15 is 0 Å². The molecule has 0 aromatic heterocycles. The molecule has 4 aromatic carbocycles. The minimum absolute atomic E-state index is 0.941. The molecule has 0 aliphatic carbocycles. The molecule has 0 radical (unpaired) electrons. The van der Waals surface area contributed by atoms with E-state index in [4.69, 9.17) is 0 Å². The third-order valence-electron chi connectivity index (χ3n) is 6.44. The molecule has 0 fully saturated rings. The van der Waals surface area contributed by atoms with Crippen LogP contribution in [0.3, 0.4) is 0 Å². The van der Waals surface area contributed by atoms with Gasteiger partial charge in [-0.05, 0) is 46.5 Å². The summed E-state index contributed by atoms with van der Waals surface area (Å²) in [7, 11) is 0. The topological polar surface area (TPSA) is 6.48 Å². The Morgan fingerprint density at radius 3 is 0.967 bits per heavy atom. The Labute approximate surface area is 178 Å². The number of hydrogen-bond donors (Lipinski definition) is 0. The maximum atomic E-state index is 2.51. The third-order valence-corrected chi connectivity index (χ3v) is 6.44. The van der Waals surface area contributed by atoms with Gasteiger partial charge >= 0.3 is 0 Å². The van der Waals surface area contributed by atoms with E-state index in [1.807, 2.05) is 0 Å². The number of hydrogen-bond acceptors (Lipinski definition) is 2. The van der Waals surface area contributed by atoms with Gasteiger partial charge in [0.1, 0.15) is 0 Å². The Morgan fingerprint density at radius 2 is 0.667 bits per heavy atom. The number of fused-ring (bicyclic) bond motifs is 4. The highest BCUT2D eigenvalue weighted by atomic mass is 15.2. The van der Waals surface area contributed by atoms with E-state index < -0.39 is 0 Å². The average molecular weight is 389 g/mol. The first kappa shape index (κ1) is 17.3. The van der Waals surface area contributed by atoms with Crippen molar-refractivity contribution in [3.63, 3.8) is 0 Å². The first-order chi connectivity index (χ1) is 14.9. The Morgan fingerprint density at radius 1 is 0.400 bits per heavy atom. The first-order valence-electron chi connectivity index (χ1n) is 10.8. The summed E-state index contributed by atoms with van der Waals surface area (Å²) in [4.78, 5) is 5.02. The highest BCUT2D eigenvalue weighted by Crippen LogP contribution is 2.41. The zero-order valence-electron chi connectivity index (χ0n) is 17.0. The van der Waals surface area contributed by atoms with Crippen molar-refractivity contribution >= 4 is 22.7 Å². The monoisotopic (exact) mass is 388 g/mol. The Kier molecular flexibility index (Phi) is 4.09. The van der Waals surface area contributed by atoms with Gasteiger partial charge < -0.3 is 9.80 Å². The second kappa shape index (κ2) is 7.07. The van der Waals surface area contributed by atoms with Crippen LogP contribution in [0.2, 0.25) is 0 Å². The predicted molar refractivity (Wildman–Crippen MR) is 125 cm³/mol. The molecule has 2 nitrogen and oxygen atoms in total. The summed E-state index contributed by atoms with van der Waals surface area (Å²) in [5, 5.41) is 0. The number of para-hydroxylation sites is 4. The van der Waals surface area contributed by atoms with Crippen LogP contribution in [0.25, 0.3) is 0 Å². The zero-order valence-corrected chi connectivity index (χ0v) is 17.0. The van der Waals surface area contributed by atoms with Crippen LogP contribution in [0, 0.1) is 0 Å². The third kappa shape index (κ3) is 2.80. The van der Waals surface area contributed by atoms with Crippen molar-refractivity contribution < 1.29 is 0 Å². The number of anilines is 4. The van der Waals surface area contributed by atoms with E-state index in [1.54, 1.807) is 0 Å². The van der Waals surface area contributed by atoms with Crippen LogP contribution in [-0.4, -0.2) is 13.1 Å². The minimum Gasteiger partial charge on any atom is -0.339 e. The summed E-state index contributed by atoms with van der Waals surface area (Å²) in [6.07, 6.45) is 2.02. The molecule has 2 aliphatic rings. The first-order valence-corrected chi connectivity index (χ1v) is 10.8. The van der Waals surface area contributed by atoms with E-state index in [0.717, 1.165) is 25.9 Å². The number of nitrogens with zero attached hydrogens (tertiary/aromatic N) is 2. The molecule has 0 bridgehead atoms. The van der Waals surface area contributed by atoms with Gasteiger partial charge in [0.2, 0.25) is 0 Å². The molecule has 0 unspecified atom stereocenters. The van der Waals surface area contributed by atoms with Gasteiger partial charge in [-0.2, -0.15) is 0 Å². The van der Waals surface area contributed by atoms with Gasteiger partial charge in [0.25, 0.3) is 0 Å². The van der Waals surface area contributed by atoms with Gasteiger partial charge in [0, 0.05) is 48.7 Å².